The van der Waals surface area contributed by atoms with Crippen LogP contribution in [0, 0.1) is 5.82 Å². The summed E-state index contributed by atoms with van der Waals surface area (Å²) in [5.41, 5.74) is 2.89. The van der Waals surface area contributed by atoms with Crippen LogP contribution in [0.25, 0.3) is 0 Å². The predicted molar refractivity (Wildman–Crippen MR) is 82.8 cm³/mol. The van der Waals surface area contributed by atoms with E-state index in [0.717, 1.165) is 28.0 Å². The Bertz CT molecular complexity index is 574. The van der Waals surface area contributed by atoms with Gasteiger partial charge in [0.2, 0.25) is 0 Å². The Hall–Kier alpha value is -1.06. The van der Waals surface area contributed by atoms with Crippen molar-refractivity contribution in [3.05, 3.63) is 58.3 Å². The molecule has 0 saturated carbocycles. The van der Waals surface area contributed by atoms with E-state index in [4.69, 9.17) is 11.6 Å². The van der Waals surface area contributed by atoms with E-state index in [2.05, 4.69) is 15.9 Å². The molecule has 2 rings (SSSR count). The fourth-order valence-corrected chi connectivity index (χ4v) is 2.79. The smallest absolute Gasteiger partial charge is 0.125 e. The van der Waals surface area contributed by atoms with Crippen LogP contribution in [0.5, 0.6) is 0 Å². The summed E-state index contributed by atoms with van der Waals surface area (Å²) in [6, 6.07) is 12.6. The first kappa shape index (κ1) is 14.4. The lowest BCUT2D eigenvalue weighted by atomic mass is 10.2. The summed E-state index contributed by atoms with van der Waals surface area (Å²) >= 11 is 9.37. The highest BCUT2D eigenvalue weighted by atomic mass is 79.9. The van der Waals surface area contributed by atoms with Gasteiger partial charge >= 0.3 is 0 Å². The Morgan fingerprint density at radius 2 is 2.00 bits per heavy atom. The molecular weight excluding hydrogens is 329 g/mol. The molecule has 0 heterocycles. The van der Waals surface area contributed by atoms with Crippen molar-refractivity contribution in [2.45, 2.75) is 12.8 Å². The molecule has 0 fully saturated rings. The van der Waals surface area contributed by atoms with E-state index in [1.165, 1.54) is 12.1 Å². The zero-order valence-corrected chi connectivity index (χ0v) is 12.9. The maximum absolute atomic E-state index is 13.3. The van der Waals surface area contributed by atoms with Crippen molar-refractivity contribution >= 4 is 38.9 Å². The summed E-state index contributed by atoms with van der Waals surface area (Å²) in [5, 5.41) is 0. The van der Waals surface area contributed by atoms with E-state index in [1.54, 1.807) is 6.07 Å². The van der Waals surface area contributed by atoms with Crippen LogP contribution >= 0.6 is 27.5 Å². The van der Waals surface area contributed by atoms with Gasteiger partial charge in [0, 0.05) is 22.6 Å². The van der Waals surface area contributed by atoms with Gasteiger partial charge in [-0.05, 0) is 58.7 Å². The summed E-state index contributed by atoms with van der Waals surface area (Å²) in [6.45, 7) is 2.79. The average molecular weight is 343 g/mol. The molecule has 4 heteroatoms. The van der Waals surface area contributed by atoms with Gasteiger partial charge in [-0.15, -0.1) is 11.6 Å². The molecule has 0 aliphatic heterocycles. The van der Waals surface area contributed by atoms with Gasteiger partial charge in [-0.25, -0.2) is 4.39 Å². The fourth-order valence-electron chi connectivity index (χ4n) is 1.99. The molecule has 100 valence electrons. The van der Waals surface area contributed by atoms with Gasteiger partial charge in [-0.3, -0.25) is 0 Å². The molecule has 0 saturated heterocycles. The van der Waals surface area contributed by atoms with E-state index in [9.17, 15) is 4.39 Å². The predicted octanol–water partition coefficient (Wildman–Crippen LogP) is 5.49. The zero-order chi connectivity index (χ0) is 13.8. The molecule has 0 amide bonds. The molecule has 0 spiro atoms. The van der Waals surface area contributed by atoms with Crippen molar-refractivity contribution in [3.8, 4) is 0 Å². The minimum Gasteiger partial charge on any atom is -0.341 e. The topological polar surface area (TPSA) is 3.24 Å². The largest absolute Gasteiger partial charge is 0.341 e. The van der Waals surface area contributed by atoms with Crippen LogP contribution in [-0.4, -0.2) is 6.54 Å². The first-order chi connectivity index (χ1) is 9.15. The maximum atomic E-state index is 13.3. The van der Waals surface area contributed by atoms with Crippen LogP contribution in [0.1, 0.15) is 12.5 Å². The Morgan fingerprint density at radius 3 is 2.58 bits per heavy atom. The molecule has 0 atom stereocenters. The molecule has 0 N–H and O–H groups in total. The second-order valence-corrected chi connectivity index (χ2v) is 5.27. The summed E-state index contributed by atoms with van der Waals surface area (Å²) in [5.74, 6) is 0.245. The Morgan fingerprint density at radius 1 is 1.21 bits per heavy atom. The van der Waals surface area contributed by atoms with E-state index >= 15 is 0 Å². The molecule has 0 aliphatic rings. The summed E-state index contributed by atoms with van der Waals surface area (Å²) in [7, 11) is 0. The molecular formula is C15H14BrClFN. The highest BCUT2D eigenvalue weighted by molar-refractivity contribution is 9.10. The summed E-state index contributed by atoms with van der Waals surface area (Å²) in [6.07, 6.45) is 0. The number of hydrogen-bond acceptors (Lipinski definition) is 1. The van der Waals surface area contributed by atoms with Crippen LogP contribution in [0.4, 0.5) is 15.8 Å². The third kappa shape index (κ3) is 3.28. The zero-order valence-electron chi connectivity index (χ0n) is 10.5. The maximum Gasteiger partial charge on any atom is 0.125 e. The molecule has 0 unspecified atom stereocenters. The van der Waals surface area contributed by atoms with Gasteiger partial charge in [0.1, 0.15) is 5.82 Å². The quantitative estimate of drug-likeness (QED) is 0.665. The number of hydrogen-bond donors (Lipinski definition) is 0. The van der Waals surface area contributed by atoms with Crippen LogP contribution < -0.4 is 4.90 Å². The number of benzene rings is 2. The van der Waals surface area contributed by atoms with Crippen molar-refractivity contribution in [1.82, 2.24) is 0 Å². The van der Waals surface area contributed by atoms with Gasteiger partial charge in [-0.1, -0.05) is 12.1 Å². The number of anilines is 2. The van der Waals surface area contributed by atoms with E-state index in [0.29, 0.717) is 5.88 Å². The second-order valence-electron chi connectivity index (χ2n) is 4.14. The van der Waals surface area contributed by atoms with E-state index in [1.807, 2.05) is 36.1 Å². The number of nitrogens with zero attached hydrogens (tertiary/aromatic N) is 1. The molecule has 2 aromatic rings. The van der Waals surface area contributed by atoms with Gasteiger partial charge in [-0.2, -0.15) is 0 Å². The first-order valence-electron chi connectivity index (χ1n) is 6.03. The van der Waals surface area contributed by atoms with Gasteiger partial charge in [0.05, 0.1) is 5.69 Å². The van der Waals surface area contributed by atoms with Gasteiger partial charge in [0.25, 0.3) is 0 Å². The Kier molecular flexibility index (Phi) is 4.83. The van der Waals surface area contributed by atoms with Crippen molar-refractivity contribution in [2.75, 3.05) is 11.4 Å². The average Bonchev–Trinajstić information content (AvgIpc) is 2.41. The monoisotopic (exact) mass is 341 g/mol. The Labute approximate surface area is 126 Å². The number of alkyl halides is 1. The third-order valence-electron chi connectivity index (χ3n) is 2.89. The molecule has 0 aromatic heterocycles. The number of halogens is 3. The van der Waals surface area contributed by atoms with E-state index < -0.39 is 0 Å². The Balaban J connectivity index is 2.42. The highest BCUT2D eigenvalue weighted by Gasteiger charge is 2.11. The molecule has 1 nitrogen and oxygen atoms in total. The third-order valence-corrected chi connectivity index (χ3v) is 3.84. The van der Waals surface area contributed by atoms with Gasteiger partial charge in [0.15, 0.2) is 0 Å². The van der Waals surface area contributed by atoms with E-state index in [-0.39, 0.29) is 5.82 Å². The molecule has 2 aromatic carbocycles. The van der Waals surface area contributed by atoms with Crippen LogP contribution in [-0.2, 0) is 5.88 Å². The molecule has 0 bridgehead atoms. The summed E-state index contributed by atoms with van der Waals surface area (Å²) < 4.78 is 14.3. The standard InChI is InChI=1S/C15H14BrClFN/c1-2-19(13-5-3-4-12(18)9-13)15-7-6-11(10-17)8-14(15)16/h3-9H,2,10H2,1H3. The lowest BCUT2D eigenvalue weighted by Gasteiger charge is -2.25. The molecule has 0 radical (unpaired) electrons. The lowest BCUT2D eigenvalue weighted by molar-refractivity contribution is 0.627. The molecule has 19 heavy (non-hydrogen) atoms. The second kappa shape index (κ2) is 6.40. The lowest BCUT2D eigenvalue weighted by Crippen LogP contribution is -2.16. The van der Waals surface area contributed by atoms with Crippen LogP contribution in [0.2, 0.25) is 0 Å². The number of rotatable bonds is 4. The first-order valence-corrected chi connectivity index (χ1v) is 7.36. The van der Waals surface area contributed by atoms with Crippen LogP contribution in [0.3, 0.4) is 0 Å². The molecule has 0 aliphatic carbocycles. The van der Waals surface area contributed by atoms with Crippen molar-refractivity contribution in [1.29, 1.82) is 0 Å². The van der Waals surface area contributed by atoms with Crippen LogP contribution in [0.15, 0.2) is 46.9 Å². The highest BCUT2D eigenvalue weighted by Crippen LogP contribution is 2.33. The summed E-state index contributed by atoms with van der Waals surface area (Å²) in [4.78, 5) is 2.05. The minimum absolute atomic E-state index is 0.232. The SMILES string of the molecule is CCN(c1cccc(F)c1)c1ccc(CCl)cc1Br. The minimum atomic E-state index is -0.232. The van der Waals surface area contributed by atoms with Crippen molar-refractivity contribution < 1.29 is 4.39 Å². The normalized spacial score (nSPS) is 10.5. The van der Waals surface area contributed by atoms with Gasteiger partial charge < -0.3 is 4.90 Å². The fraction of sp³-hybridized carbons (Fsp3) is 0.200. The van der Waals surface area contributed by atoms with Crippen molar-refractivity contribution in [3.63, 3.8) is 0 Å². The van der Waals surface area contributed by atoms with Crippen molar-refractivity contribution in [2.24, 2.45) is 0 Å².